The maximum atomic E-state index is 12.2. The summed E-state index contributed by atoms with van der Waals surface area (Å²) in [4.78, 5) is 10.6. The Morgan fingerprint density at radius 3 is 2.33 bits per heavy atom. The molecule has 0 fully saturated rings. The van der Waals surface area contributed by atoms with Gasteiger partial charge < -0.3 is 5.73 Å². The third-order valence-electron chi connectivity index (χ3n) is 1.46. The van der Waals surface area contributed by atoms with Crippen molar-refractivity contribution >= 4 is 5.91 Å². The van der Waals surface area contributed by atoms with E-state index in [-0.39, 0.29) is 11.1 Å². The highest BCUT2D eigenvalue weighted by Gasteiger charge is 2.14. The molecule has 4 heteroatoms. The molecule has 0 radical (unpaired) electrons. The fourth-order valence-corrected chi connectivity index (χ4v) is 0.912. The van der Waals surface area contributed by atoms with Gasteiger partial charge in [-0.25, -0.2) is 8.78 Å². The van der Waals surface area contributed by atoms with Crippen molar-refractivity contribution < 1.29 is 13.6 Å². The van der Waals surface area contributed by atoms with Gasteiger partial charge in [-0.2, -0.15) is 0 Å². The molecular formula is C8H7F2NO. The number of halogens is 2. The standard InChI is InChI=1S/C8H7F2NO/c9-7(10)5-3-1-2-4-6(5)8(11)12/h1-4,7H,(H2,11,12). The number of amides is 1. The largest absolute Gasteiger partial charge is 0.366 e. The van der Waals surface area contributed by atoms with Gasteiger partial charge >= 0.3 is 0 Å². The molecule has 0 aliphatic heterocycles. The summed E-state index contributed by atoms with van der Waals surface area (Å²) in [5, 5.41) is 0. The molecule has 1 aromatic carbocycles. The van der Waals surface area contributed by atoms with Gasteiger partial charge in [-0.15, -0.1) is 0 Å². The van der Waals surface area contributed by atoms with Crippen molar-refractivity contribution in [3.05, 3.63) is 35.4 Å². The van der Waals surface area contributed by atoms with Crippen molar-refractivity contribution in [2.45, 2.75) is 6.43 Å². The third-order valence-corrected chi connectivity index (χ3v) is 1.46. The molecule has 0 aliphatic carbocycles. The number of rotatable bonds is 2. The zero-order valence-corrected chi connectivity index (χ0v) is 6.13. The minimum Gasteiger partial charge on any atom is -0.366 e. The molecule has 64 valence electrons. The lowest BCUT2D eigenvalue weighted by atomic mass is 10.1. The van der Waals surface area contributed by atoms with Crippen LogP contribution in [0.25, 0.3) is 0 Å². The average Bonchev–Trinajstić information content (AvgIpc) is 2.04. The molecule has 0 saturated carbocycles. The molecule has 12 heavy (non-hydrogen) atoms. The number of carbonyl (C=O) groups is 1. The first-order valence-electron chi connectivity index (χ1n) is 3.30. The van der Waals surface area contributed by atoms with E-state index >= 15 is 0 Å². The van der Waals surface area contributed by atoms with Crippen LogP contribution in [0.5, 0.6) is 0 Å². The van der Waals surface area contributed by atoms with Gasteiger partial charge in [-0.1, -0.05) is 18.2 Å². The Kier molecular flexibility index (Phi) is 2.38. The van der Waals surface area contributed by atoms with Crippen LogP contribution >= 0.6 is 0 Å². The Balaban J connectivity index is 3.17. The molecule has 0 heterocycles. The van der Waals surface area contributed by atoms with Crippen molar-refractivity contribution in [2.75, 3.05) is 0 Å². The molecular weight excluding hydrogens is 164 g/mol. The van der Waals surface area contributed by atoms with Crippen LogP contribution in [0.3, 0.4) is 0 Å². The van der Waals surface area contributed by atoms with Gasteiger partial charge in [-0.05, 0) is 6.07 Å². The summed E-state index contributed by atoms with van der Waals surface area (Å²) in [6.45, 7) is 0. The molecule has 0 aliphatic rings. The van der Waals surface area contributed by atoms with Crippen LogP contribution in [0.1, 0.15) is 22.3 Å². The summed E-state index contributed by atoms with van der Waals surface area (Å²) in [7, 11) is 0. The Morgan fingerprint density at radius 1 is 1.33 bits per heavy atom. The smallest absolute Gasteiger partial charge is 0.264 e. The second-order valence-corrected chi connectivity index (χ2v) is 2.25. The predicted molar refractivity (Wildman–Crippen MR) is 39.9 cm³/mol. The molecule has 1 rings (SSSR count). The van der Waals surface area contributed by atoms with E-state index in [0.717, 1.165) is 0 Å². The number of nitrogens with two attached hydrogens (primary N) is 1. The Labute approximate surface area is 68.0 Å². The minimum atomic E-state index is -2.66. The Hall–Kier alpha value is -1.45. The van der Waals surface area contributed by atoms with Crippen LogP contribution in [-0.4, -0.2) is 5.91 Å². The summed E-state index contributed by atoms with van der Waals surface area (Å²) in [5.74, 6) is -0.828. The minimum absolute atomic E-state index is 0.118. The van der Waals surface area contributed by atoms with Gasteiger partial charge in [0.25, 0.3) is 6.43 Å². The van der Waals surface area contributed by atoms with Gasteiger partial charge in [-0.3, -0.25) is 4.79 Å². The predicted octanol–water partition coefficient (Wildman–Crippen LogP) is 1.72. The molecule has 1 aromatic rings. The molecule has 0 spiro atoms. The van der Waals surface area contributed by atoms with E-state index in [9.17, 15) is 13.6 Å². The number of benzene rings is 1. The van der Waals surface area contributed by atoms with Crippen molar-refractivity contribution in [3.63, 3.8) is 0 Å². The van der Waals surface area contributed by atoms with E-state index in [1.165, 1.54) is 24.3 Å². The van der Waals surface area contributed by atoms with Gasteiger partial charge in [0, 0.05) is 11.1 Å². The topological polar surface area (TPSA) is 43.1 Å². The number of carbonyl (C=O) groups excluding carboxylic acids is 1. The molecule has 0 saturated heterocycles. The van der Waals surface area contributed by atoms with Crippen molar-refractivity contribution in [3.8, 4) is 0 Å². The lowest BCUT2D eigenvalue weighted by Crippen LogP contribution is -2.13. The van der Waals surface area contributed by atoms with Gasteiger partial charge in [0.05, 0.1) is 0 Å². The van der Waals surface area contributed by atoms with Crippen molar-refractivity contribution in [1.29, 1.82) is 0 Å². The first kappa shape index (κ1) is 8.64. The normalized spacial score (nSPS) is 10.2. The van der Waals surface area contributed by atoms with Crippen molar-refractivity contribution in [2.24, 2.45) is 5.73 Å². The molecule has 0 unspecified atom stereocenters. The second-order valence-electron chi connectivity index (χ2n) is 2.25. The fraction of sp³-hybridized carbons (Fsp3) is 0.125. The van der Waals surface area contributed by atoms with E-state index in [2.05, 4.69) is 0 Å². The van der Waals surface area contributed by atoms with Crippen molar-refractivity contribution in [1.82, 2.24) is 0 Å². The zero-order valence-electron chi connectivity index (χ0n) is 6.13. The number of hydrogen-bond donors (Lipinski definition) is 1. The highest BCUT2D eigenvalue weighted by atomic mass is 19.3. The Morgan fingerprint density at radius 2 is 1.92 bits per heavy atom. The van der Waals surface area contributed by atoms with Gasteiger partial charge in [0.2, 0.25) is 5.91 Å². The summed E-state index contributed by atoms with van der Waals surface area (Å²) in [6.07, 6.45) is -2.66. The summed E-state index contributed by atoms with van der Waals surface area (Å²) < 4.78 is 24.4. The van der Waals surface area contributed by atoms with Crippen LogP contribution < -0.4 is 5.73 Å². The molecule has 2 nitrogen and oxygen atoms in total. The number of primary amides is 1. The second kappa shape index (κ2) is 3.30. The quantitative estimate of drug-likeness (QED) is 0.723. The summed E-state index contributed by atoms with van der Waals surface area (Å²) >= 11 is 0. The fourth-order valence-electron chi connectivity index (χ4n) is 0.912. The van der Waals surface area contributed by atoms with Crippen LogP contribution in [-0.2, 0) is 0 Å². The van der Waals surface area contributed by atoms with E-state index < -0.39 is 12.3 Å². The van der Waals surface area contributed by atoms with Gasteiger partial charge in [0.15, 0.2) is 0 Å². The SMILES string of the molecule is NC(=O)c1ccccc1C(F)F. The van der Waals surface area contributed by atoms with Crippen LogP contribution in [0.4, 0.5) is 8.78 Å². The highest BCUT2D eigenvalue weighted by molar-refractivity contribution is 5.94. The third kappa shape index (κ3) is 1.58. The van der Waals surface area contributed by atoms with Crippen LogP contribution in [0.15, 0.2) is 24.3 Å². The molecule has 2 N–H and O–H groups in total. The number of hydrogen-bond acceptors (Lipinski definition) is 1. The zero-order chi connectivity index (χ0) is 9.14. The Bertz CT molecular complexity index is 299. The maximum absolute atomic E-state index is 12.2. The van der Waals surface area contributed by atoms with E-state index in [4.69, 9.17) is 5.73 Å². The molecule has 0 bridgehead atoms. The summed E-state index contributed by atoms with van der Waals surface area (Å²) in [5.41, 5.74) is 4.45. The molecule has 0 aromatic heterocycles. The number of alkyl halides is 2. The monoisotopic (exact) mass is 171 g/mol. The van der Waals surface area contributed by atoms with Crippen LogP contribution in [0, 0.1) is 0 Å². The van der Waals surface area contributed by atoms with Crippen LogP contribution in [0.2, 0.25) is 0 Å². The first-order chi connectivity index (χ1) is 5.63. The maximum Gasteiger partial charge on any atom is 0.264 e. The average molecular weight is 171 g/mol. The van der Waals surface area contributed by atoms with E-state index in [1.807, 2.05) is 0 Å². The molecule has 1 amide bonds. The molecule has 0 atom stereocenters. The van der Waals surface area contributed by atoms with E-state index in [1.54, 1.807) is 0 Å². The highest BCUT2D eigenvalue weighted by Crippen LogP contribution is 2.21. The lowest BCUT2D eigenvalue weighted by molar-refractivity contribution is 0.0986. The lowest BCUT2D eigenvalue weighted by Gasteiger charge is -2.03. The van der Waals surface area contributed by atoms with Gasteiger partial charge in [0.1, 0.15) is 0 Å². The first-order valence-corrected chi connectivity index (χ1v) is 3.30. The summed E-state index contributed by atoms with van der Waals surface area (Å²) in [6, 6.07) is 5.40. The van der Waals surface area contributed by atoms with E-state index in [0.29, 0.717) is 0 Å².